The van der Waals surface area contributed by atoms with Gasteiger partial charge in [-0.1, -0.05) is 0 Å². The van der Waals surface area contributed by atoms with Crippen LogP contribution in [0.5, 0.6) is 0 Å². The van der Waals surface area contributed by atoms with Crippen molar-refractivity contribution < 1.29 is 14.3 Å². The van der Waals surface area contributed by atoms with Crippen LogP contribution in [0.4, 0.5) is 0 Å². The van der Waals surface area contributed by atoms with E-state index >= 15 is 0 Å². The average Bonchev–Trinajstić information content (AvgIpc) is 3.18. The van der Waals surface area contributed by atoms with E-state index in [1.807, 2.05) is 21.7 Å². The molecular formula is C19H26N2O3S. The van der Waals surface area contributed by atoms with E-state index in [-0.39, 0.29) is 23.1 Å². The smallest absolute Gasteiger partial charge is 0.227 e. The van der Waals surface area contributed by atoms with Gasteiger partial charge in [-0.05, 0) is 54.0 Å². The molecule has 1 aliphatic carbocycles. The van der Waals surface area contributed by atoms with Gasteiger partial charge in [0.15, 0.2) is 0 Å². The minimum Gasteiger partial charge on any atom is -0.381 e. The topological polar surface area (TPSA) is 58.6 Å². The molecule has 0 radical (unpaired) electrons. The van der Waals surface area contributed by atoms with Gasteiger partial charge in [-0.3, -0.25) is 9.59 Å². The highest BCUT2D eigenvalue weighted by Crippen LogP contribution is 2.44. The zero-order chi connectivity index (χ0) is 17.3. The third-order valence-electron chi connectivity index (χ3n) is 6.00. The van der Waals surface area contributed by atoms with Gasteiger partial charge in [-0.2, -0.15) is 11.3 Å². The van der Waals surface area contributed by atoms with Gasteiger partial charge in [0.05, 0.1) is 12.3 Å². The zero-order valence-corrected chi connectivity index (χ0v) is 15.4. The summed E-state index contributed by atoms with van der Waals surface area (Å²) in [6.45, 7) is 3.43. The SMILES string of the molecule is O=C(NCC1CC1)[C@@H]1CN(C(=O)Cc2ccsc2)CC12CCOCC2. The lowest BCUT2D eigenvalue weighted by Crippen LogP contribution is -2.44. The maximum absolute atomic E-state index is 12.8. The van der Waals surface area contributed by atoms with Crippen LogP contribution in [-0.2, 0) is 20.7 Å². The van der Waals surface area contributed by atoms with Crippen molar-refractivity contribution in [2.75, 3.05) is 32.8 Å². The number of thiophene rings is 1. The summed E-state index contributed by atoms with van der Waals surface area (Å²) in [4.78, 5) is 27.5. The number of nitrogens with zero attached hydrogens (tertiary/aromatic N) is 1. The molecular weight excluding hydrogens is 336 g/mol. The van der Waals surface area contributed by atoms with Crippen LogP contribution < -0.4 is 5.32 Å². The third kappa shape index (κ3) is 3.75. The van der Waals surface area contributed by atoms with Crippen LogP contribution in [0.15, 0.2) is 16.8 Å². The summed E-state index contributed by atoms with van der Waals surface area (Å²) in [7, 11) is 0. The summed E-state index contributed by atoms with van der Waals surface area (Å²) in [5.74, 6) is 0.857. The fourth-order valence-corrected chi connectivity index (χ4v) is 4.84. The fraction of sp³-hybridized carbons (Fsp3) is 0.684. The number of likely N-dealkylation sites (tertiary alicyclic amines) is 1. The third-order valence-corrected chi connectivity index (χ3v) is 6.74. The van der Waals surface area contributed by atoms with E-state index in [0.717, 1.165) is 24.9 Å². The lowest BCUT2D eigenvalue weighted by Gasteiger charge is -2.37. The summed E-state index contributed by atoms with van der Waals surface area (Å²) in [5.41, 5.74) is 0.966. The van der Waals surface area contributed by atoms with Crippen molar-refractivity contribution in [3.05, 3.63) is 22.4 Å². The molecule has 3 fully saturated rings. The Kier molecular flexibility index (Phi) is 4.82. The highest BCUT2D eigenvalue weighted by atomic mass is 32.1. The normalized spacial score (nSPS) is 25.3. The van der Waals surface area contributed by atoms with Gasteiger partial charge in [0, 0.05) is 38.3 Å². The van der Waals surface area contributed by atoms with E-state index < -0.39 is 0 Å². The molecule has 2 amide bonds. The van der Waals surface area contributed by atoms with Crippen LogP contribution in [0.2, 0.25) is 0 Å². The van der Waals surface area contributed by atoms with E-state index in [9.17, 15) is 9.59 Å². The Balaban J connectivity index is 1.45. The second-order valence-electron chi connectivity index (χ2n) is 7.80. The number of carbonyl (C=O) groups excluding carboxylic acids is 2. The molecule has 1 N–H and O–H groups in total. The van der Waals surface area contributed by atoms with Crippen molar-refractivity contribution in [1.82, 2.24) is 10.2 Å². The number of hydrogen-bond donors (Lipinski definition) is 1. The summed E-state index contributed by atoms with van der Waals surface area (Å²) in [6, 6.07) is 2.00. The number of hydrogen-bond acceptors (Lipinski definition) is 4. The van der Waals surface area contributed by atoms with Crippen LogP contribution in [-0.4, -0.2) is 49.6 Å². The van der Waals surface area contributed by atoms with Gasteiger partial charge in [0.25, 0.3) is 0 Å². The Morgan fingerprint density at radius 3 is 2.80 bits per heavy atom. The molecule has 2 saturated heterocycles. The summed E-state index contributed by atoms with van der Waals surface area (Å²) in [6.07, 6.45) is 4.64. The van der Waals surface area contributed by atoms with Crippen LogP contribution in [0, 0.1) is 17.3 Å². The Morgan fingerprint density at radius 2 is 2.12 bits per heavy atom. The highest BCUT2D eigenvalue weighted by Gasteiger charge is 2.51. The molecule has 6 heteroatoms. The van der Waals surface area contributed by atoms with E-state index in [1.54, 1.807) is 11.3 Å². The van der Waals surface area contributed by atoms with Gasteiger partial charge in [0.2, 0.25) is 11.8 Å². The monoisotopic (exact) mass is 362 g/mol. The standard InChI is InChI=1S/C19H26N2O3S/c22-17(9-15-3-8-25-12-15)21-11-16(18(23)20-10-14-1-2-14)19(13-21)4-6-24-7-5-19/h3,8,12,14,16H,1-2,4-7,9-11,13H2,(H,20,23)/t16-/m0/s1. The van der Waals surface area contributed by atoms with Gasteiger partial charge in [-0.25, -0.2) is 0 Å². The van der Waals surface area contributed by atoms with Gasteiger partial charge in [-0.15, -0.1) is 0 Å². The molecule has 136 valence electrons. The zero-order valence-electron chi connectivity index (χ0n) is 14.5. The van der Waals surface area contributed by atoms with Crippen molar-refractivity contribution >= 4 is 23.2 Å². The number of ether oxygens (including phenoxy) is 1. The van der Waals surface area contributed by atoms with Crippen LogP contribution >= 0.6 is 11.3 Å². The number of amides is 2. The molecule has 3 aliphatic rings. The van der Waals surface area contributed by atoms with Crippen LogP contribution in [0.25, 0.3) is 0 Å². The minimum atomic E-state index is -0.101. The van der Waals surface area contributed by atoms with Crippen molar-refractivity contribution in [2.24, 2.45) is 17.3 Å². The Labute approximate surface area is 152 Å². The molecule has 1 atom stereocenters. The van der Waals surface area contributed by atoms with E-state index in [4.69, 9.17) is 4.74 Å². The molecule has 1 spiro atoms. The number of carbonyl (C=O) groups is 2. The summed E-state index contributed by atoms with van der Waals surface area (Å²) < 4.78 is 5.54. The van der Waals surface area contributed by atoms with Crippen molar-refractivity contribution in [3.8, 4) is 0 Å². The minimum absolute atomic E-state index is 0.0958. The maximum Gasteiger partial charge on any atom is 0.227 e. The molecule has 25 heavy (non-hydrogen) atoms. The molecule has 5 nitrogen and oxygen atoms in total. The van der Waals surface area contributed by atoms with Crippen LogP contribution in [0.1, 0.15) is 31.2 Å². The van der Waals surface area contributed by atoms with Crippen molar-refractivity contribution in [3.63, 3.8) is 0 Å². The predicted octanol–water partition coefficient (Wildman–Crippen LogP) is 2.07. The summed E-state index contributed by atoms with van der Waals surface area (Å²) in [5, 5.41) is 7.17. The Morgan fingerprint density at radius 1 is 1.32 bits per heavy atom. The fourth-order valence-electron chi connectivity index (χ4n) is 4.17. The lowest BCUT2D eigenvalue weighted by molar-refractivity contribution is -0.130. The van der Waals surface area contributed by atoms with Crippen LogP contribution in [0.3, 0.4) is 0 Å². The molecule has 1 aromatic heterocycles. The number of rotatable bonds is 5. The molecule has 3 heterocycles. The van der Waals surface area contributed by atoms with E-state index in [2.05, 4.69) is 5.32 Å². The molecule has 0 bridgehead atoms. The second-order valence-corrected chi connectivity index (χ2v) is 8.58. The molecule has 2 aliphatic heterocycles. The largest absolute Gasteiger partial charge is 0.381 e. The molecule has 0 unspecified atom stereocenters. The molecule has 4 rings (SSSR count). The quantitative estimate of drug-likeness (QED) is 0.872. The highest BCUT2D eigenvalue weighted by molar-refractivity contribution is 7.08. The van der Waals surface area contributed by atoms with Gasteiger partial charge < -0.3 is 15.0 Å². The van der Waals surface area contributed by atoms with E-state index in [1.165, 1.54) is 12.8 Å². The Bertz CT molecular complexity index is 621. The van der Waals surface area contributed by atoms with Gasteiger partial charge >= 0.3 is 0 Å². The average molecular weight is 362 g/mol. The van der Waals surface area contributed by atoms with Crippen molar-refractivity contribution in [1.29, 1.82) is 0 Å². The number of nitrogens with one attached hydrogen (secondary N) is 1. The second kappa shape index (κ2) is 7.08. The lowest BCUT2D eigenvalue weighted by atomic mass is 9.71. The predicted molar refractivity (Wildman–Crippen MR) is 96.3 cm³/mol. The summed E-state index contributed by atoms with van der Waals surface area (Å²) >= 11 is 1.61. The molecule has 1 aromatic rings. The first kappa shape index (κ1) is 17.0. The molecule has 1 saturated carbocycles. The first-order chi connectivity index (χ1) is 12.2. The first-order valence-corrected chi connectivity index (χ1v) is 10.2. The Hall–Kier alpha value is -1.40. The first-order valence-electron chi connectivity index (χ1n) is 9.31. The maximum atomic E-state index is 12.8. The molecule has 0 aromatic carbocycles. The van der Waals surface area contributed by atoms with Crippen molar-refractivity contribution in [2.45, 2.75) is 32.1 Å². The van der Waals surface area contributed by atoms with E-state index in [0.29, 0.717) is 38.6 Å². The van der Waals surface area contributed by atoms with Gasteiger partial charge in [0.1, 0.15) is 0 Å².